The van der Waals surface area contributed by atoms with Crippen molar-refractivity contribution in [3.8, 4) is 11.1 Å². The highest BCUT2D eigenvalue weighted by atomic mass is 19.1. The van der Waals surface area contributed by atoms with Crippen LogP contribution in [0.3, 0.4) is 0 Å². The van der Waals surface area contributed by atoms with E-state index in [-0.39, 0.29) is 12.4 Å². The number of nitrogens with one attached hydrogen (secondary N) is 1. The van der Waals surface area contributed by atoms with E-state index in [1.807, 2.05) is 24.3 Å². The molecule has 1 heterocycles. The van der Waals surface area contributed by atoms with Crippen molar-refractivity contribution in [1.82, 2.24) is 10.3 Å². The molecule has 0 amide bonds. The van der Waals surface area contributed by atoms with Crippen molar-refractivity contribution in [3.05, 3.63) is 54.1 Å². The topological polar surface area (TPSA) is 45.1 Å². The zero-order chi connectivity index (χ0) is 15.4. The summed E-state index contributed by atoms with van der Waals surface area (Å²) in [5.41, 5.74) is 2.49. The van der Waals surface area contributed by atoms with Crippen LogP contribution in [-0.2, 0) is 6.54 Å². The van der Waals surface area contributed by atoms with Crippen molar-refractivity contribution >= 4 is 0 Å². The van der Waals surface area contributed by atoms with Gasteiger partial charge >= 0.3 is 0 Å². The molecular formula is C18H21FN2O. The fraction of sp³-hybridized carbons (Fsp3) is 0.389. The van der Waals surface area contributed by atoms with E-state index >= 15 is 0 Å². The molecule has 1 aromatic carbocycles. The van der Waals surface area contributed by atoms with Crippen molar-refractivity contribution in [2.24, 2.45) is 5.92 Å². The maximum atomic E-state index is 14.3. The molecule has 4 heteroatoms. The smallest absolute Gasteiger partial charge is 0.128 e. The van der Waals surface area contributed by atoms with Crippen molar-refractivity contribution in [3.63, 3.8) is 0 Å². The van der Waals surface area contributed by atoms with E-state index in [0.717, 1.165) is 17.5 Å². The quantitative estimate of drug-likeness (QED) is 0.825. The number of nitrogens with zero attached hydrogens (tertiary/aromatic N) is 1. The van der Waals surface area contributed by atoms with Gasteiger partial charge in [0.05, 0.1) is 0 Å². The molecule has 3 rings (SSSR count). The van der Waals surface area contributed by atoms with Gasteiger partial charge in [0.15, 0.2) is 0 Å². The number of hydrogen-bond donors (Lipinski definition) is 2. The van der Waals surface area contributed by atoms with Crippen molar-refractivity contribution in [2.45, 2.75) is 31.8 Å². The molecule has 0 radical (unpaired) electrons. The van der Waals surface area contributed by atoms with Gasteiger partial charge in [0.1, 0.15) is 5.82 Å². The lowest BCUT2D eigenvalue weighted by molar-refractivity contribution is 0.255. The van der Waals surface area contributed by atoms with Gasteiger partial charge in [-0.25, -0.2) is 4.39 Å². The zero-order valence-electron chi connectivity index (χ0n) is 12.5. The minimum Gasteiger partial charge on any atom is -0.396 e. The number of pyridine rings is 1. The highest BCUT2D eigenvalue weighted by Gasteiger charge is 2.30. The lowest BCUT2D eigenvalue weighted by Crippen LogP contribution is -2.31. The lowest BCUT2D eigenvalue weighted by Gasteiger charge is -2.17. The summed E-state index contributed by atoms with van der Waals surface area (Å²) in [5, 5.41) is 12.5. The minimum atomic E-state index is -0.194. The van der Waals surface area contributed by atoms with Crippen LogP contribution < -0.4 is 5.32 Å². The second kappa shape index (κ2) is 6.99. The summed E-state index contributed by atoms with van der Waals surface area (Å²) in [6.45, 7) is 0.682. The first-order valence-electron chi connectivity index (χ1n) is 7.81. The molecule has 116 valence electrons. The Labute approximate surface area is 130 Å². The average Bonchev–Trinajstić information content (AvgIpc) is 3.38. The Bertz CT molecular complexity index is 614. The van der Waals surface area contributed by atoms with Crippen molar-refractivity contribution in [2.75, 3.05) is 6.61 Å². The second-order valence-electron chi connectivity index (χ2n) is 5.88. The van der Waals surface area contributed by atoms with E-state index in [0.29, 0.717) is 24.1 Å². The van der Waals surface area contributed by atoms with Gasteiger partial charge in [0, 0.05) is 37.2 Å². The van der Waals surface area contributed by atoms with Crippen LogP contribution in [0, 0.1) is 11.7 Å². The number of aliphatic hydroxyl groups excluding tert-OH is 1. The molecule has 1 aliphatic carbocycles. The van der Waals surface area contributed by atoms with Crippen LogP contribution >= 0.6 is 0 Å². The molecule has 0 bridgehead atoms. The molecule has 2 N–H and O–H groups in total. The molecule has 2 aromatic rings. The summed E-state index contributed by atoms with van der Waals surface area (Å²) in [4.78, 5) is 3.98. The molecule has 22 heavy (non-hydrogen) atoms. The Morgan fingerprint density at radius 1 is 1.18 bits per heavy atom. The Balaban J connectivity index is 1.67. The lowest BCUT2D eigenvalue weighted by atomic mass is 10.0. The van der Waals surface area contributed by atoms with Crippen LogP contribution in [0.25, 0.3) is 11.1 Å². The normalized spacial score (nSPS) is 15.7. The third kappa shape index (κ3) is 3.70. The van der Waals surface area contributed by atoms with E-state index in [4.69, 9.17) is 5.11 Å². The second-order valence-corrected chi connectivity index (χ2v) is 5.88. The van der Waals surface area contributed by atoms with Gasteiger partial charge in [-0.15, -0.1) is 0 Å². The maximum Gasteiger partial charge on any atom is 0.128 e. The van der Waals surface area contributed by atoms with E-state index in [2.05, 4.69) is 10.3 Å². The molecule has 0 saturated heterocycles. The molecule has 1 aliphatic rings. The maximum absolute atomic E-state index is 14.3. The standard InChI is InChI=1S/C18H21FN2O/c19-17-11-15(13-5-8-20-9-6-13)3-4-16(17)12-21-18(7-10-22)14-1-2-14/h3-6,8-9,11,14,18,21-22H,1-2,7,10,12H2. The summed E-state index contributed by atoms with van der Waals surface area (Å²) in [6, 6.07) is 9.39. The van der Waals surface area contributed by atoms with Gasteiger partial charge in [-0.05, 0) is 54.5 Å². The molecule has 1 atom stereocenters. The predicted molar refractivity (Wildman–Crippen MR) is 84.7 cm³/mol. The van der Waals surface area contributed by atoms with Crippen LogP contribution in [0.2, 0.25) is 0 Å². The van der Waals surface area contributed by atoms with E-state index in [1.54, 1.807) is 18.5 Å². The summed E-state index contributed by atoms with van der Waals surface area (Å²) in [7, 11) is 0. The first-order valence-corrected chi connectivity index (χ1v) is 7.81. The molecule has 1 fully saturated rings. The van der Waals surface area contributed by atoms with Crippen molar-refractivity contribution in [1.29, 1.82) is 0 Å². The predicted octanol–water partition coefficient (Wildman–Crippen LogP) is 3.14. The zero-order valence-corrected chi connectivity index (χ0v) is 12.5. The van der Waals surface area contributed by atoms with Gasteiger partial charge in [-0.2, -0.15) is 0 Å². The number of rotatable bonds is 7. The SMILES string of the molecule is OCCC(NCc1ccc(-c2ccncc2)cc1F)C1CC1. The molecule has 0 spiro atoms. The Morgan fingerprint density at radius 3 is 2.59 bits per heavy atom. The average molecular weight is 300 g/mol. The monoisotopic (exact) mass is 300 g/mol. The van der Waals surface area contributed by atoms with Crippen molar-refractivity contribution < 1.29 is 9.50 Å². The molecule has 1 aromatic heterocycles. The minimum absolute atomic E-state index is 0.178. The Morgan fingerprint density at radius 2 is 1.95 bits per heavy atom. The van der Waals surface area contributed by atoms with Crippen LogP contribution in [0.4, 0.5) is 4.39 Å². The van der Waals surface area contributed by atoms with Crippen LogP contribution in [0.1, 0.15) is 24.8 Å². The summed E-state index contributed by atoms with van der Waals surface area (Å²) < 4.78 is 14.3. The van der Waals surface area contributed by atoms with Gasteiger partial charge in [-0.3, -0.25) is 4.98 Å². The van der Waals surface area contributed by atoms with E-state index in [1.165, 1.54) is 12.8 Å². The third-order valence-corrected chi connectivity index (χ3v) is 4.25. The highest BCUT2D eigenvalue weighted by Crippen LogP contribution is 2.34. The molecule has 1 saturated carbocycles. The van der Waals surface area contributed by atoms with Crippen LogP contribution in [0.15, 0.2) is 42.7 Å². The van der Waals surface area contributed by atoms with E-state index in [9.17, 15) is 4.39 Å². The number of aromatic nitrogens is 1. The molecule has 0 aliphatic heterocycles. The number of benzene rings is 1. The fourth-order valence-corrected chi connectivity index (χ4v) is 2.80. The van der Waals surface area contributed by atoms with E-state index < -0.39 is 0 Å². The van der Waals surface area contributed by atoms with Gasteiger partial charge in [0.25, 0.3) is 0 Å². The Hall–Kier alpha value is -1.78. The first-order chi connectivity index (χ1) is 10.8. The highest BCUT2D eigenvalue weighted by molar-refractivity contribution is 5.63. The number of hydrogen-bond acceptors (Lipinski definition) is 3. The number of halogens is 1. The fourth-order valence-electron chi connectivity index (χ4n) is 2.80. The summed E-state index contributed by atoms with van der Waals surface area (Å²) >= 11 is 0. The largest absolute Gasteiger partial charge is 0.396 e. The summed E-state index contributed by atoms with van der Waals surface area (Å²) in [5.74, 6) is 0.451. The molecule has 1 unspecified atom stereocenters. The van der Waals surface area contributed by atoms with Crippen LogP contribution in [0.5, 0.6) is 0 Å². The number of aliphatic hydroxyl groups is 1. The summed E-state index contributed by atoms with van der Waals surface area (Å²) in [6.07, 6.45) is 6.57. The Kier molecular flexibility index (Phi) is 4.80. The van der Waals surface area contributed by atoms with Gasteiger partial charge in [0.2, 0.25) is 0 Å². The molecule has 3 nitrogen and oxygen atoms in total. The third-order valence-electron chi connectivity index (χ3n) is 4.25. The molecular weight excluding hydrogens is 279 g/mol. The first kappa shape index (κ1) is 15.1. The van der Waals surface area contributed by atoms with Crippen LogP contribution in [-0.4, -0.2) is 22.7 Å². The van der Waals surface area contributed by atoms with Gasteiger partial charge < -0.3 is 10.4 Å². The van der Waals surface area contributed by atoms with Gasteiger partial charge in [-0.1, -0.05) is 12.1 Å².